The number of carbonyl (C=O) groups is 1. The van der Waals surface area contributed by atoms with Gasteiger partial charge in [0.2, 0.25) is 0 Å². The smallest absolute Gasteiger partial charge is 0.292 e. The minimum absolute atomic E-state index is 0.0406. The van der Waals surface area contributed by atoms with Gasteiger partial charge >= 0.3 is 0 Å². The number of benzene rings is 3. The van der Waals surface area contributed by atoms with E-state index in [9.17, 15) is 14.9 Å². The van der Waals surface area contributed by atoms with E-state index < -0.39 is 11.1 Å². The normalized spacial score (nSPS) is 15.5. The molecule has 1 heterocycles. The highest BCUT2D eigenvalue weighted by atomic mass is 16.6. The van der Waals surface area contributed by atoms with E-state index >= 15 is 0 Å². The molecule has 0 fully saturated rings. The van der Waals surface area contributed by atoms with Crippen LogP contribution in [0.5, 0.6) is 0 Å². The van der Waals surface area contributed by atoms with E-state index in [0.29, 0.717) is 28.2 Å². The SMILES string of the molecule is CNc1ccc([C@@H]2Nc3ccccc3C(=O)N2c2ccccc2)cc1[N+](=O)[O-]. The highest BCUT2D eigenvalue weighted by molar-refractivity contribution is 6.12. The van der Waals surface area contributed by atoms with Crippen LogP contribution < -0.4 is 15.5 Å². The summed E-state index contributed by atoms with van der Waals surface area (Å²) in [6, 6.07) is 21.5. The molecule has 0 saturated heterocycles. The summed E-state index contributed by atoms with van der Waals surface area (Å²) in [5, 5.41) is 17.7. The number of nitrogens with one attached hydrogen (secondary N) is 2. The monoisotopic (exact) mass is 374 g/mol. The van der Waals surface area contributed by atoms with Crippen molar-refractivity contribution in [1.82, 2.24) is 0 Å². The van der Waals surface area contributed by atoms with Crippen LogP contribution in [-0.4, -0.2) is 17.9 Å². The second kappa shape index (κ2) is 7.03. The Morgan fingerprint density at radius 2 is 1.75 bits per heavy atom. The Morgan fingerprint density at radius 1 is 1.04 bits per heavy atom. The summed E-state index contributed by atoms with van der Waals surface area (Å²) in [7, 11) is 1.64. The second-order valence-corrected chi connectivity index (χ2v) is 6.39. The van der Waals surface area contributed by atoms with Crippen LogP contribution in [0.1, 0.15) is 22.1 Å². The molecule has 0 saturated carbocycles. The quantitative estimate of drug-likeness (QED) is 0.522. The molecule has 1 atom stereocenters. The minimum Gasteiger partial charge on any atom is -0.383 e. The summed E-state index contributed by atoms with van der Waals surface area (Å²) >= 11 is 0. The molecular weight excluding hydrogens is 356 g/mol. The maximum Gasteiger partial charge on any atom is 0.292 e. The molecule has 4 rings (SSSR count). The Morgan fingerprint density at radius 3 is 2.46 bits per heavy atom. The van der Waals surface area contributed by atoms with Crippen LogP contribution in [-0.2, 0) is 0 Å². The number of fused-ring (bicyclic) bond motifs is 1. The van der Waals surface area contributed by atoms with Gasteiger partial charge in [-0.3, -0.25) is 19.8 Å². The number of nitro benzene ring substituents is 1. The van der Waals surface area contributed by atoms with Gasteiger partial charge in [0, 0.05) is 30.1 Å². The molecule has 0 bridgehead atoms. The topological polar surface area (TPSA) is 87.5 Å². The number of hydrogen-bond acceptors (Lipinski definition) is 5. The summed E-state index contributed by atoms with van der Waals surface area (Å²) < 4.78 is 0. The molecule has 0 radical (unpaired) electrons. The van der Waals surface area contributed by atoms with Crippen molar-refractivity contribution in [2.75, 3.05) is 22.6 Å². The number of carbonyl (C=O) groups excluding carboxylic acids is 1. The van der Waals surface area contributed by atoms with Crippen molar-refractivity contribution in [3.8, 4) is 0 Å². The molecule has 0 spiro atoms. The lowest BCUT2D eigenvalue weighted by molar-refractivity contribution is -0.384. The molecular formula is C21H18N4O3. The highest BCUT2D eigenvalue weighted by Gasteiger charge is 2.34. The molecule has 1 aliphatic rings. The zero-order valence-corrected chi connectivity index (χ0v) is 15.1. The van der Waals surface area contributed by atoms with E-state index in [1.165, 1.54) is 6.07 Å². The van der Waals surface area contributed by atoms with Crippen molar-refractivity contribution in [2.45, 2.75) is 6.17 Å². The Bertz CT molecular complexity index is 1050. The molecule has 3 aromatic carbocycles. The van der Waals surface area contributed by atoms with E-state index in [0.717, 1.165) is 0 Å². The van der Waals surface area contributed by atoms with Crippen LogP contribution in [0, 0.1) is 10.1 Å². The van der Waals surface area contributed by atoms with Gasteiger partial charge < -0.3 is 10.6 Å². The van der Waals surface area contributed by atoms with Gasteiger partial charge in [0.15, 0.2) is 0 Å². The fourth-order valence-corrected chi connectivity index (χ4v) is 3.42. The van der Waals surface area contributed by atoms with Crippen LogP contribution in [0.2, 0.25) is 0 Å². The second-order valence-electron chi connectivity index (χ2n) is 6.39. The van der Waals surface area contributed by atoms with Crippen molar-refractivity contribution < 1.29 is 9.72 Å². The molecule has 0 aliphatic carbocycles. The van der Waals surface area contributed by atoms with Gasteiger partial charge in [0.05, 0.1) is 10.5 Å². The van der Waals surface area contributed by atoms with Crippen LogP contribution in [0.15, 0.2) is 72.8 Å². The highest BCUT2D eigenvalue weighted by Crippen LogP contribution is 2.38. The first-order chi connectivity index (χ1) is 13.6. The lowest BCUT2D eigenvalue weighted by Gasteiger charge is -2.38. The standard InChI is InChI=1S/C21H18N4O3/c1-22-18-12-11-14(13-19(18)25(27)28)20-23-17-10-6-5-9-16(17)21(26)24(20)15-7-3-2-4-8-15/h2-13,20,22-23H,1H3/t20-/m1/s1. The van der Waals surface area contributed by atoms with Gasteiger partial charge in [0.1, 0.15) is 11.9 Å². The molecule has 28 heavy (non-hydrogen) atoms. The Labute approximate surface area is 161 Å². The summed E-state index contributed by atoms with van der Waals surface area (Å²) in [6.45, 7) is 0. The van der Waals surface area contributed by atoms with Gasteiger partial charge in [0.25, 0.3) is 11.6 Å². The predicted octanol–water partition coefficient (Wildman–Crippen LogP) is 4.41. The lowest BCUT2D eigenvalue weighted by Crippen LogP contribution is -2.43. The van der Waals surface area contributed by atoms with Gasteiger partial charge in [-0.2, -0.15) is 0 Å². The van der Waals surface area contributed by atoms with Gasteiger partial charge in [-0.05, 0) is 30.3 Å². The predicted molar refractivity (Wildman–Crippen MR) is 109 cm³/mol. The molecule has 1 amide bonds. The summed E-state index contributed by atoms with van der Waals surface area (Å²) in [4.78, 5) is 26.0. The van der Waals surface area contributed by atoms with Crippen molar-refractivity contribution in [3.05, 3.63) is 94.0 Å². The summed E-state index contributed by atoms with van der Waals surface area (Å²) in [5.74, 6) is -0.161. The molecule has 0 aromatic heterocycles. The van der Waals surface area contributed by atoms with Crippen molar-refractivity contribution in [3.63, 3.8) is 0 Å². The van der Waals surface area contributed by atoms with Crippen LogP contribution in [0.25, 0.3) is 0 Å². The van der Waals surface area contributed by atoms with Gasteiger partial charge in [-0.15, -0.1) is 0 Å². The summed E-state index contributed by atoms with van der Waals surface area (Å²) in [5.41, 5.74) is 2.97. The maximum absolute atomic E-state index is 13.3. The first-order valence-corrected chi connectivity index (χ1v) is 8.80. The Kier molecular flexibility index (Phi) is 4.41. The number of nitro groups is 1. The number of anilines is 3. The number of para-hydroxylation sites is 2. The summed E-state index contributed by atoms with van der Waals surface area (Å²) in [6.07, 6.45) is -0.575. The first-order valence-electron chi connectivity index (χ1n) is 8.80. The molecule has 140 valence electrons. The molecule has 1 aliphatic heterocycles. The van der Waals surface area contributed by atoms with E-state index in [-0.39, 0.29) is 11.6 Å². The zero-order valence-electron chi connectivity index (χ0n) is 15.1. The minimum atomic E-state index is -0.575. The number of nitrogens with zero attached hydrogens (tertiary/aromatic N) is 2. The Hall–Kier alpha value is -3.87. The third kappa shape index (κ3) is 2.92. The number of hydrogen-bond donors (Lipinski definition) is 2. The molecule has 3 aromatic rings. The largest absolute Gasteiger partial charge is 0.383 e. The Balaban J connectivity index is 1.87. The van der Waals surface area contributed by atoms with Gasteiger partial charge in [-0.25, -0.2) is 0 Å². The van der Waals surface area contributed by atoms with E-state index in [4.69, 9.17) is 0 Å². The van der Waals surface area contributed by atoms with Crippen molar-refractivity contribution in [2.24, 2.45) is 0 Å². The third-order valence-corrected chi connectivity index (χ3v) is 4.76. The molecule has 2 N–H and O–H groups in total. The zero-order chi connectivity index (χ0) is 19.7. The third-order valence-electron chi connectivity index (χ3n) is 4.76. The van der Waals surface area contributed by atoms with Crippen molar-refractivity contribution >= 4 is 28.7 Å². The first kappa shape index (κ1) is 17.5. The fraction of sp³-hybridized carbons (Fsp3) is 0.0952. The fourth-order valence-electron chi connectivity index (χ4n) is 3.42. The average molecular weight is 374 g/mol. The maximum atomic E-state index is 13.3. The number of rotatable bonds is 4. The molecule has 7 heteroatoms. The van der Waals surface area contributed by atoms with Crippen LogP contribution in [0.4, 0.5) is 22.7 Å². The van der Waals surface area contributed by atoms with Gasteiger partial charge in [-0.1, -0.05) is 36.4 Å². The average Bonchev–Trinajstić information content (AvgIpc) is 2.73. The molecule has 7 nitrogen and oxygen atoms in total. The van der Waals surface area contributed by atoms with E-state index in [2.05, 4.69) is 10.6 Å². The van der Waals surface area contributed by atoms with E-state index in [1.807, 2.05) is 48.5 Å². The van der Waals surface area contributed by atoms with E-state index in [1.54, 1.807) is 30.1 Å². The van der Waals surface area contributed by atoms with Crippen LogP contribution in [0.3, 0.4) is 0 Å². The van der Waals surface area contributed by atoms with Crippen LogP contribution >= 0.6 is 0 Å². The van der Waals surface area contributed by atoms with Crippen molar-refractivity contribution in [1.29, 1.82) is 0 Å². The lowest BCUT2D eigenvalue weighted by atomic mass is 10.0. The molecule has 0 unspecified atom stereocenters. The number of amides is 1.